The normalized spacial score (nSPS) is 17.7. The predicted octanol–water partition coefficient (Wildman–Crippen LogP) is 8.06. The molecule has 7 rings (SSSR count). The van der Waals surface area contributed by atoms with Gasteiger partial charge in [0.1, 0.15) is 0 Å². The molecule has 36 heavy (non-hydrogen) atoms. The Balaban J connectivity index is 1.25. The van der Waals surface area contributed by atoms with Crippen LogP contribution in [0, 0.1) is 0 Å². The lowest BCUT2D eigenvalue weighted by molar-refractivity contribution is -0.0415. The van der Waals surface area contributed by atoms with Crippen molar-refractivity contribution in [2.75, 3.05) is 26.4 Å². The van der Waals surface area contributed by atoms with Crippen LogP contribution in [0.3, 0.4) is 0 Å². The molecule has 2 aliphatic heterocycles. The molecule has 2 aromatic heterocycles. The van der Waals surface area contributed by atoms with E-state index in [1.807, 2.05) is 0 Å². The molecule has 0 unspecified atom stereocenters. The van der Waals surface area contributed by atoms with E-state index in [9.17, 15) is 0 Å². The standard InChI is InChI=1S/C30H26O4S2/c1-17(2)28-22-15-18(24-7-9-26(35-24)29-31-11-12-32-29)3-5-20(22)21-6-4-19(16-23(21)28)25-8-10-27(36-25)30-33-13-14-34-30/h3-10,15-16,29-30H,11-14H2,1-2H3. The minimum atomic E-state index is -0.223. The average Bonchev–Trinajstić information content (AvgIpc) is 3.72. The Morgan fingerprint density at radius 3 is 1.44 bits per heavy atom. The molecule has 4 nitrogen and oxygen atoms in total. The number of fused-ring (bicyclic) bond motifs is 3. The Morgan fingerprint density at radius 1 is 0.583 bits per heavy atom. The van der Waals surface area contributed by atoms with Crippen LogP contribution in [0.4, 0.5) is 0 Å². The second-order valence-corrected chi connectivity index (χ2v) is 11.7. The lowest BCUT2D eigenvalue weighted by atomic mass is 9.97. The molecule has 2 saturated heterocycles. The highest BCUT2D eigenvalue weighted by molar-refractivity contribution is 7.15. The third kappa shape index (κ3) is 3.80. The van der Waals surface area contributed by atoms with Gasteiger partial charge in [0.25, 0.3) is 0 Å². The first kappa shape index (κ1) is 22.6. The van der Waals surface area contributed by atoms with Crippen LogP contribution < -0.4 is 0 Å². The number of hydrogen-bond donors (Lipinski definition) is 0. The van der Waals surface area contributed by atoms with Gasteiger partial charge in [-0.15, -0.1) is 22.7 Å². The monoisotopic (exact) mass is 514 g/mol. The van der Waals surface area contributed by atoms with E-state index in [1.54, 1.807) is 22.7 Å². The van der Waals surface area contributed by atoms with Gasteiger partial charge in [-0.3, -0.25) is 0 Å². The molecule has 4 aromatic rings. The topological polar surface area (TPSA) is 36.9 Å². The van der Waals surface area contributed by atoms with Crippen molar-refractivity contribution < 1.29 is 18.9 Å². The van der Waals surface area contributed by atoms with Gasteiger partial charge in [-0.25, -0.2) is 0 Å². The number of rotatable bonds is 4. The summed E-state index contributed by atoms with van der Waals surface area (Å²) in [4.78, 5) is 4.72. The van der Waals surface area contributed by atoms with E-state index in [0.717, 1.165) is 9.75 Å². The molecule has 0 amide bonds. The molecular weight excluding hydrogens is 488 g/mol. The van der Waals surface area contributed by atoms with E-state index < -0.39 is 0 Å². The van der Waals surface area contributed by atoms with Crippen LogP contribution in [0.1, 0.15) is 47.3 Å². The van der Waals surface area contributed by atoms with Crippen LogP contribution >= 0.6 is 22.7 Å². The maximum absolute atomic E-state index is 5.70. The average molecular weight is 515 g/mol. The minimum absolute atomic E-state index is 0.223. The van der Waals surface area contributed by atoms with Crippen LogP contribution in [0.2, 0.25) is 0 Å². The highest BCUT2D eigenvalue weighted by Crippen LogP contribution is 2.49. The van der Waals surface area contributed by atoms with Crippen LogP contribution in [-0.2, 0) is 18.9 Å². The van der Waals surface area contributed by atoms with Gasteiger partial charge in [-0.1, -0.05) is 29.8 Å². The third-order valence-electron chi connectivity index (χ3n) is 6.90. The highest BCUT2D eigenvalue weighted by Gasteiger charge is 2.27. The summed E-state index contributed by atoms with van der Waals surface area (Å²) in [6.45, 7) is 7.07. The zero-order chi connectivity index (χ0) is 24.2. The second kappa shape index (κ2) is 9.06. The van der Waals surface area contributed by atoms with Crippen LogP contribution in [0.15, 0.2) is 66.2 Å². The Hall–Kier alpha value is -2.58. The summed E-state index contributed by atoms with van der Waals surface area (Å²) in [5.74, 6) is 0. The van der Waals surface area contributed by atoms with Gasteiger partial charge < -0.3 is 18.9 Å². The Kier molecular flexibility index (Phi) is 5.69. The van der Waals surface area contributed by atoms with Gasteiger partial charge in [-0.2, -0.15) is 0 Å². The van der Waals surface area contributed by atoms with E-state index in [-0.39, 0.29) is 12.6 Å². The molecule has 0 spiro atoms. The second-order valence-electron chi connectivity index (χ2n) is 9.45. The van der Waals surface area contributed by atoms with Crippen molar-refractivity contribution in [3.8, 4) is 32.0 Å². The fraction of sp³-hybridized carbons (Fsp3) is 0.267. The summed E-state index contributed by atoms with van der Waals surface area (Å²) in [5, 5.41) is 0. The predicted molar refractivity (Wildman–Crippen MR) is 145 cm³/mol. The molecule has 0 N–H and O–H groups in total. The lowest BCUT2D eigenvalue weighted by Crippen LogP contribution is -1.93. The molecule has 0 radical (unpaired) electrons. The zero-order valence-electron chi connectivity index (χ0n) is 20.2. The minimum Gasteiger partial charge on any atom is -0.345 e. The van der Waals surface area contributed by atoms with Crippen LogP contribution in [0.25, 0.3) is 37.6 Å². The largest absolute Gasteiger partial charge is 0.345 e. The van der Waals surface area contributed by atoms with E-state index in [2.05, 4.69) is 74.5 Å². The van der Waals surface area contributed by atoms with Gasteiger partial charge >= 0.3 is 0 Å². The first-order valence-electron chi connectivity index (χ1n) is 12.3. The molecule has 4 heterocycles. The Morgan fingerprint density at radius 2 is 1.03 bits per heavy atom. The Labute approximate surface area is 218 Å². The number of hydrogen-bond acceptors (Lipinski definition) is 6. The first-order chi connectivity index (χ1) is 17.7. The van der Waals surface area contributed by atoms with E-state index in [1.165, 1.54) is 54.3 Å². The fourth-order valence-electron chi connectivity index (χ4n) is 5.28. The lowest BCUT2D eigenvalue weighted by Gasteiger charge is -2.09. The van der Waals surface area contributed by atoms with Crippen molar-refractivity contribution in [1.82, 2.24) is 0 Å². The summed E-state index contributed by atoms with van der Waals surface area (Å²) >= 11 is 3.50. The summed E-state index contributed by atoms with van der Waals surface area (Å²) in [6, 6.07) is 22.3. The van der Waals surface area contributed by atoms with Gasteiger partial charge in [0.2, 0.25) is 0 Å². The highest BCUT2D eigenvalue weighted by atomic mass is 32.1. The number of thiophene rings is 2. The van der Waals surface area contributed by atoms with Crippen molar-refractivity contribution in [3.63, 3.8) is 0 Å². The molecule has 0 saturated carbocycles. The first-order valence-corrected chi connectivity index (χ1v) is 13.9. The van der Waals surface area contributed by atoms with Crippen LogP contribution in [0.5, 0.6) is 0 Å². The summed E-state index contributed by atoms with van der Waals surface area (Å²) in [7, 11) is 0. The van der Waals surface area contributed by atoms with Crippen molar-refractivity contribution in [2.45, 2.75) is 26.4 Å². The van der Waals surface area contributed by atoms with Crippen molar-refractivity contribution in [2.24, 2.45) is 0 Å². The molecule has 2 aromatic carbocycles. The maximum atomic E-state index is 5.70. The number of benzene rings is 2. The van der Waals surface area contributed by atoms with Crippen molar-refractivity contribution >= 4 is 28.2 Å². The summed E-state index contributed by atoms with van der Waals surface area (Å²) < 4.78 is 22.8. The van der Waals surface area contributed by atoms with E-state index >= 15 is 0 Å². The molecule has 0 atom stereocenters. The van der Waals surface area contributed by atoms with Gasteiger partial charge in [-0.05, 0) is 89.2 Å². The molecule has 0 bridgehead atoms. The van der Waals surface area contributed by atoms with E-state index in [0.29, 0.717) is 26.4 Å². The van der Waals surface area contributed by atoms with Crippen molar-refractivity contribution in [1.29, 1.82) is 0 Å². The maximum Gasteiger partial charge on any atom is 0.193 e. The molecule has 3 aliphatic rings. The molecule has 1 aliphatic carbocycles. The molecular formula is C30H26O4S2. The van der Waals surface area contributed by atoms with Gasteiger partial charge in [0.15, 0.2) is 12.6 Å². The van der Waals surface area contributed by atoms with Gasteiger partial charge in [0.05, 0.1) is 36.2 Å². The molecule has 182 valence electrons. The van der Waals surface area contributed by atoms with Crippen LogP contribution in [-0.4, -0.2) is 26.4 Å². The van der Waals surface area contributed by atoms with Crippen molar-refractivity contribution in [3.05, 3.63) is 87.1 Å². The number of ether oxygens (including phenoxy) is 4. The smallest absolute Gasteiger partial charge is 0.193 e. The zero-order valence-corrected chi connectivity index (χ0v) is 21.8. The Bertz CT molecular complexity index is 1370. The van der Waals surface area contributed by atoms with E-state index in [4.69, 9.17) is 18.9 Å². The molecule has 2 fully saturated rings. The quantitative estimate of drug-likeness (QED) is 0.243. The molecule has 6 heteroatoms. The SMILES string of the molecule is CC(C)=C1c2cc(-c3ccc(C4OCCO4)s3)ccc2-c2ccc(-c3ccc(C4OCCO4)s3)cc21. The van der Waals surface area contributed by atoms with Gasteiger partial charge in [0, 0.05) is 9.75 Å². The summed E-state index contributed by atoms with van der Waals surface area (Å²) in [5.41, 5.74) is 10.3. The fourth-order valence-corrected chi connectivity index (χ4v) is 7.28. The number of allylic oxidation sites excluding steroid dienone is 1. The summed E-state index contributed by atoms with van der Waals surface area (Å²) in [6.07, 6.45) is -0.447. The third-order valence-corrected chi connectivity index (χ3v) is 9.21.